The zero-order chi connectivity index (χ0) is 15.7. The Morgan fingerprint density at radius 2 is 1.95 bits per heavy atom. The fraction of sp³-hybridized carbons (Fsp3) is 0.500. The zero-order valence-electron chi connectivity index (χ0n) is 12.2. The van der Waals surface area contributed by atoms with Crippen LogP contribution in [0.4, 0.5) is 0 Å². The molecule has 0 radical (unpaired) electrons. The molecule has 0 spiro atoms. The predicted molar refractivity (Wildman–Crippen MR) is 75.5 cm³/mol. The van der Waals surface area contributed by atoms with Gasteiger partial charge in [-0.1, -0.05) is 5.16 Å². The Balaban J connectivity index is 2.83. The standard InChI is InChI=1S/C14H20N2O5/c1-3-20-13(17)6-5-11-10(7-14(18)21-4-2)8-15-12(11)9-16-19/h8-9,15,19H,3-7H2,1-2H3. The van der Waals surface area contributed by atoms with Gasteiger partial charge in [-0.05, 0) is 31.4 Å². The van der Waals surface area contributed by atoms with E-state index >= 15 is 0 Å². The molecule has 0 aliphatic carbocycles. The molecule has 116 valence electrons. The Morgan fingerprint density at radius 1 is 1.29 bits per heavy atom. The summed E-state index contributed by atoms with van der Waals surface area (Å²) in [5.74, 6) is -0.658. The number of hydrogen-bond donors (Lipinski definition) is 2. The number of nitrogens with zero attached hydrogens (tertiary/aromatic N) is 1. The Morgan fingerprint density at radius 3 is 2.57 bits per heavy atom. The van der Waals surface area contributed by atoms with Crippen LogP contribution >= 0.6 is 0 Å². The van der Waals surface area contributed by atoms with Gasteiger partial charge in [0.05, 0.1) is 31.5 Å². The van der Waals surface area contributed by atoms with Crippen molar-refractivity contribution >= 4 is 18.2 Å². The van der Waals surface area contributed by atoms with Gasteiger partial charge in [0, 0.05) is 12.6 Å². The van der Waals surface area contributed by atoms with E-state index in [0.29, 0.717) is 30.9 Å². The van der Waals surface area contributed by atoms with Gasteiger partial charge in [-0.2, -0.15) is 0 Å². The average Bonchev–Trinajstić information content (AvgIpc) is 2.80. The third-order valence-electron chi connectivity index (χ3n) is 2.83. The van der Waals surface area contributed by atoms with Crippen molar-refractivity contribution in [3.8, 4) is 0 Å². The molecule has 0 unspecified atom stereocenters. The monoisotopic (exact) mass is 296 g/mol. The lowest BCUT2D eigenvalue weighted by molar-refractivity contribution is -0.143. The lowest BCUT2D eigenvalue weighted by atomic mass is 10.0. The van der Waals surface area contributed by atoms with Crippen molar-refractivity contribution < 1.29 is 24.3 Å². The molecular weight excluding hydrogens is 276 g/mol. The highest BCUT2D eigenvalue weighted by atomic mass is 16.5. The molecule has 0 aliphatic heterocycles. The first-order valence-electron chi connectivity index (χ1n) is 6.80. The summed E-state index contributed by atoms with van der Waals surface area (Å²) in [5, 5.41) is 11.6. The molecule has 0 amide bonds. The summed E-state index contributed by atoms with van der Waals surface area (Å²) in [4.78, 5) is 25.9. The Bertz CT molecular complexity index is 507. The highest BCUT2D eigenvalue weighted by molar-refractivity contribution is 5.82. The Labute approximate surface area is 122 Å². The van der Waals surface area contributed by atoms with E-state index in [1.807, 2.05) is 0 Å². The van der Waals surface area contributed by atoms with E-state index in [1.165, 1.54) is 6.21 Å². The maximum Gasteiger partial charge on any atom is 0.310 e. The van der Waals surface area contributed by atoms with Crippen LogP contribution in [0.3, 0.4) is 0 Å². The second kappa shape index (κ2) is 8.78. The smallest absolute Gasteiger partial charge is 0.310 e. The van der Waals surface area contributed by atoms with Gasteiger partial charge >= 0.3 is 11.9 Å². The van der Waals surface area contributed by atoms with Gasteiger partial charge in [-0.25, -0.2) is 0 Å². The number of hydrogen-bond acceptors (Lipinski definition) is 6. The second-order valence-corrected chi connectivity index (χ2v) is 4.24. The second-order valence-electron chi connectivity index (χ2n) is 4.24. The quantitative estimate of drug-likeness (QED) is 0.327. The number of carbonyl (C=O) groups is 2. The van der Waals surface area contributed by atoms with Crippen LogP contribution in [0.1, 0.15) is 37.1 Å². The topological polar surface area (TPSA) is 101 Å². The summed E-state index contributed by atoms with van der Waals surface area (Å²) in [7, 11) is 0. The van der Waals surface area contributed by atoms with E-state index in [1.54, 1.807) is 20.0 Å². The van der Waals surface area contributed by atoms with E-state index in [2.05, 4.69) is 10.1 Å². The van der Waals surface area contributed by atoms with Gasteiger partial charge in [0.15, 0.2) is 0 Å². The number of rotatable bonds is 8. The third kappa shape index (κ3) is 5.29. The number of oxime groups is 1. The van der Waals surface area contributed by atoms with Crippen LogP contribution in [0.2, 0.25) is 0 Å². The van der Waals surface area contributed by atoms with Crippen LogP contribution in [-0.2, 0) is 31.9 Å². The molecule has 1 aromatic heterocycles. The fourth-order valence-electron chi connectivity index (χ4n) is 1.97. The molecule has 1 heterocycles. The molecule has 21 heavy (non-hydrogen) atoms. The Kier molecular flexibility index (Phi) is 7.00. The van der Waals surface area contributed by atoms with Crippen molar-refractivity contribution in [1.82, 2.24) is 4.98 Å². The maximum atomic E-state index is 11.6. The lowest BCUT2D eigenvalue weighted by Crippen LogP contribution is -2.10. The van der Waals surface area contributed by atoms with E-state index in [-0.39, 0.29) is 24.8 Å². The highest BCUT2D eigenvalue weighted by Crippen LogP contribution is 2.17. The molecular formula is C14H20N2O5. The molecule has 1 rings (SSSR count). The largest absolute Gasteiger partial charge is 0.466 e. The Hall–Kier alpha value is -2.31. The van der Waals surface area contributed by atoms with Gasteiger partial charge in [0.1, 0.15) is 0 Å². The number of aromatic nitrogens is 1. The van der Waals surface area contributed by atoms with E-state index in [9.17, 15) is 9.59 Å². The first-order chi connectivity index (χ1) is 10.1. The fourth-order valence-corrected chi connectivity index (χ4v) is 1.97. The number of esters is 2. The van der Waals surface area contributed by atoms with E-state index < -0.39 is 0 Å². The summed E-state index contributed by atoms with van der Waals surface area (Å²) in [6.07, 6.45) is 3.55. The SMILES string of the molecule is CCOC(=O)CCc1c(CC(=O)OCC)c[nH]c1C=NO. The van der Waals surface area contributed by atoms with Gasteiger partial charge in [-0.15, -0.1) is 0 Å². The third-order valence-corrected chi connectivity index (χ3v) is 2.83. The van der Waals surface area contributed by atoms with Crippen LogP contribution in [0.25, 0.3) is 0 Å². The van der Waals surface area contributed by atoms with E-state index in [0.717, 1.165) is 5.56 Å². The minimum Gasteiger partial charge on any atom is -0.466 e. The van der Waals surface area contributed by atoms with Gasteiger partial charge in [0.25, 0.3) is 0 Å². The van der Waals surface area contributed by atoms with Crippen LogP contribution in [-0.4, -0.2) is 41.6 Å². The highest BCUT2D eigenvalue weighted by Gasteiger charge is 2.15. The number of H-pyrrole nitrogens is 1. The minimum absolute atomic E-state index is 0.0990. The van der Waals surface area contributed by atoms with Gasteiger partial charge in [0.2, 0.25) is 0 Å². The number of aromatic amines is 1. The summed E-state index contributed by atoms with van der Waals surface area (Å²) < 4.78 is 9.78. The molecule has 0 aliphatic rings. The van der Waals surface area contributed by atoms with Crippen LogP contribution < -0.4 is 0 Å². The number of carbonyl (C=O) groups excluding carboxylic acids is 2. The van der Waals surface area contributed by atoms with Crippen molar-refractivity contribution in [2.45, 2.75) is 33.1 Å². The summed E-state index contributed by atoms with van der Waals surface area (Å²) in [6, 6.07) is 0. The first kappa shape index (κ1) is 16.7. The first-order valence-corrected chi connectivity index (χ1v) is 6.80. The zero-order valence-corrected chi connectivity index (χ0v) is 12.2. The van der Waals surface area contributed by atoms with Gasteiger partial charge in [-0.3, -0.25) is 9.59 Å². The van der Waals surface area contributed by atoms with Crippen LogP contribution in [0, 0.1) is 0 Å². The minimum atomic E-state index is -0.346. The molecule has 7 nitrogen and oxygen atoms in total. The molecule has 0 aromatic carbocycles. The normalized spacial score (nSPS) is 10.8. The lowest BCUT2D eigenvalue weighted by Gasteiger charge is -2.06. The average molecular weight is 296 g/mol. The molecule has 0 saturated carbocycles. The van der Waals surface area contributed by atoms with Crippen molar-refractivity contribution in [3.63, 3.8) is 0 Å². The summed E-state index contributed by atoms with van der Waals surface area (Å²) in [5.41, 5.74) is 2.02. The van der Waals surface area contributed by atoms with Gasteiger partial charge < -0.3 is 19.7 Å². The maximum absolute atomic E-state index is 11.6. The van der Waals surface area contributed by atoms with Crippen LogP contribution in [0.15, 0.2) is 11.4 Å². The summed E-state index contributed by atoms with van der Waals surface area (Å²) in [6.45, 7) is 4.11. The molecule has 0 fully saturated rings. The molecule has 1 aromatic rings. The molecule has 0 atom stereocenters. The molecule has 0 bridgehead atoms. The van der Waals surface area contributed by atoms with Crippen molar-refractivity contribution in [2.75, 3.05) is 13.2 Å². The number of nitrogens with one attached hydrogen (secondary N) is 1. The van der Waals surface area contributed by atoms with E-state index in [4.69, 9.17) is 14.7 Å². The van der Waals surface area contributed by atoms with Crippen molar-refractivity contribution in [1.29, 1.82) is 0 Å². The molecule has 0 saturated heterocycles. The summed E-state index contributed by atoms with van der Waals surface area (Å²) >= 11 is 0. The number of ether oxygens (including phenoxy) is 2. The predicted octanol–water partition coefficient (Wildman–Crippen LogP) is 1.42. The van der Waals surface area contributed by atoms with Crippen molar-refractivity contribution in [2.24, 2.45) is 5.16 Å². The van der Waals surface area contributed by atoms with Crippen molar-refractivity contribution in [3.05, 3.63) is 23.0 Å². The molecule has 2 N–H and O–H groups in total. The van der Waals surface area contributed by atoms with Crippen LogP contribution in [0.5, 0.6) is 0 Å². The molecule has 7 heteroatoms.